The fourth-order valence-electron chi connectivity index (χ4n) is 1.02. The van der Waals surface area contributed by atoms with E-state index in [2.05, 4.69) is 12.3 Å². The van der Waals surface area contributed by atoms with Crippen LogP contribution in [0.1, 0.15) is 5.56 Å². The predicted octanol–water partition coefficient (Wildman–Crippen LogP) is 1.92. The highest BCUT2D eigenvalue weighted by Gasteiger charge is 2.10. The van der Waals surface area contributed by atoms with Gasteiger partial charge in [0.15, 0.2) is 0 Å². The Morgan fingerprint density at radius 2 is 2.20 bits per heavy atom. The molecule has 0 atom stereocenters. The smallest absolute Gasteiger partial charge is 0.294 e. The van der Waals surface area contributed by atoms with Gasteiger partial charge in [-0.25, -0.2) is 0 Å². The molecular weight excluding hydrogens is 216 g/mol. The van der Waals surface area contributed by atoms with E-state index in [4.69, 9.17) is 9.29 Å². The van der Waals surface area contributed by atoms with Crippen LogP contribution in [0.2, 0.25) is 0 Å². The van der Waals surface area contributed by atoms with E-state index in [1.165, 1.54) is 24.5 Å². The fraction of sp³-hybridized carbons (Fsp3) is 0.100. The second-order valence-electron chi connectivity index (χ2n) is 2.84. The number of ether oxygens (including phenoxy) is 1. The van der Waals surface area contributed by atoms with Gasteiger partial charge >= 0.3 is 0 Å². The Morgan fingerprint density at radius 3 is 2.67 bits per heavy atom. The van der Waals surface area contributed by atoms with Gasteiger partial charge in [0.25, 0.3) is 10.1 Å². The summed E-state index contributed by atoms with van der Waals surface area (Å²) < 4.78 is 35.5. The Labute approximate surface area is 88.3 Å². The molecule has 0 radical (unpaired) electrons. The molecule has 0 amide bonds. The summed E-state index contributed by atoms with van der Waals surface area (Å²) in [6.07, 6.45) is 1.26. The van der Waals surface area contributed by atoms with Gasteiger partial charge in [0.2, 0.25) is 0 Å². The molecule has 1 aromatic carbocycles. The van der Waals surface area contributed by atoms with E-state index in [0.717, 1.165) is 0 Å². The first-order chi connectivity index (χ1) is 6.95. The van der Waals surface area contributed by atoms with Crippen LogP contribution in [0, 0.1) is 6.92 Å². The van der Waals surface area contributed by atoms with Crippen molar-refractivity contribution in [3.05, 3.63) is 42.3 Å². The lowest BCUT2D eigenvalue weighted by Gasteiger charge is -2.04. The summed E-state index contributed by atoms with van der Waals surface area (Å²) in [5.41, 5.74) is 3.02. The van der Waals surface area contributed by atoms with Gasteiger partial charge in [-0.15, -0.1) is 0 Å². The van der Waals surface area contributed by atoms with Gasteiger partial charge in [-0.3, -0.25) is 4.55 Å². The molecule has 0 aliphatic rings. The summed E-state index contributed by atoms with van der Waals surface area (Å²) in [6, 6.07) is 4.03. The molecule has 1 N–H and O–H groups in total. The summed E-state index contributed by atoms with van der Waals surface area (Å²) >= 11 is 0. The van der Waals surface area contributed by atoms with Crippen LogP contribution in [-0.2, 0) is 10.1 Å². The number of aryl methyl sites for hydroxylation is 1. The molecule has 0 aliphatic heterocycles. The minimum Gasteiger partial charge on any atom is -0.457 e. The average molecular weight is 226 g/mol. The van der Waals surface area contributed by atoms with Crippen LogP contribution in [-0.4, -0.2) is 13.0 Å². The first-order valence-corrected chi connectivity index (χ1v) is 5.48. The van der Waals surface area contributed by atoms with Crippen molar-refractivity contribution >= 4 is 10.1 Å². The summed E-state index contributed by atoms with van der Waals surface area (Å²) in [4.78, 5) is -0.157. The van der Waals surface area contributed by atoms with Gasteiger partial charge in [-0.05, 0) is 30.7 Å². The Balaban J connectivity index is 3.14. The summed E-state index contributed by atoms with van der Waals surface area (Å²) in [6.45, 7) is 4.99. The van der Waals surface area contributed by atoms with Crippen LogP contribution in [0.3, 0.4) is 0 Å². The molecule has 1 aromatic rings. The van der Waals surface area contributed by atoms with Crippen molar-refractivity contribution < 1.29 is 17.7 Å². The zero-order valence-corrected chi connectivity index (χ0v) is 8.91. The Hall–Kier alpha value is -1.55. The molecule has 0 aromatic heterocycles. The standard InChI is InChI=1S/C10H10O4S/c1-3-6-14-10-5-4-9(7-8(10)2)15(11,12)13/h4-7H,1H2,2H3,(H,11,12,13). The van der Waals surface area contributed by atoms with E-state index in [1.807, 2.05) is 0 Å². The third-order valence-corrected chi connectivity index (χ3v) is 2.56. The Bertz CT molecular complexity index is 510. The Morgan fingerprint density at radius 1 is 1.53 bits per heavy atom. The summed E-state index contributed by atoms with van der Waals surface area (Å²) in [5, 5.41) is 0. The van der Waals surface area contributed by atoms with E-state index in [9.17, 15) is 8.42 Å². The second kappa shape index (κ2) is 4.31. The average Bonchev–Trinajstić information content (AvgIpc) is 2.14. The van der Waals surface area contributed by atoms with Crippen LogP contribution in [0.4, 0.5) is 0 Å². The van der Waals surface area contributed by atoms with Crippen LogP contribution in [0.15, 0.2) is 41.7 Å². The molecule has 1 rings (SSSR count). The molecule has 0 heterocycles. The third-order valence-electron chi connectivity index (χ3n) is 1.71. The van der Waals surface area contributed by atoms with Crippen LogP contribution < -0.4 is 4.74 Å². The molecule has 0 unspecified atom stereocenters. The molecule has 0 aliphatic carbocycles. The lowest BCUT2D eigenvalue weighted by atomic mass is 10.2. The lowest BCUT2D eigenvalue weighted by molar-refractivity contribution is 0.474. The first kappa shape index (κ1) is 11.5. The topological polar surface area (TPSA) is 63.6 Å². The maximum absolute atomic E-state index is 10.8. The highest BCUT2D eigenvalue weighted by Crippen LogP contribution is 2.21. The number of rotatable bonds is 3. The molecule has 0 fully saturated rings. The molecule has 0 saturated carbocycles. The van der Waals surface area contributed by atoms with Gasteiger partial charge in [-0.2, -0.15) is 8.42 Å². The van der Waals surface area contributed by atoms with Crippen LogP contribution in [0.5, 0.6) is 5.75 Å². The maximum atomic E-state index is 10.8. The lowest BCUT2D eigenvalue weighted by Crippen LogP contribution is -1.98. The summed E-state index contributed by atoms with van der Waals surface area (Å²) in [5.74, 6) is 0.485. The second-order valence-corrected chi connectivity index (χ2v) is 4.26. The van der Waals surface area contributed by atoms with E-state index < -0.39 is 10.1 Å². The monoisotopic (exact) mass is 226 g/mol. The number of hydrogen-bond donors (Lipinski definition) is 1. The van der Waals surface area contributed by atoms with Crippen molar-refractivity contribution in [3.8, 4) is 5.75 Å². The maximum Gasteiger partial charge on any atom is 0.294 e. The van der Waals surface area contributed by atoms with Crippen molar-refractivity contribution in [1.82, 2.24) is 0 Å². The number of hydrogen-bond acceptors (Lipinski definition) is 3. The van der Waals surface area contributed by atoms with E-state index in [0.29, 0.717) is 11.3 Å². The Kier molecular flexibility index (Phi) is 3.31. The van der Waals surface area contributed by atoms with Crippen LogP contribution in [0.25, 0.3) is 0 Å². The minimum absolute atomic E-state index is 0.157. The SMILES string of the molecule is C=C=COc1ccc(S(=O)(=O)O)cc1C. The van der Waals surface area contributed by atoms with E-state index in [-0.39, 0.29) is 4.90 Å². The van der Waals surface area contributed by atoms with Crippen LogP contribution >= 0.6 is 0 Å². The summed E-state index contributed by atoms with van der Waals surface area (Å²) in [7, 11) is -4.16. The molecule has 4 nitrogen and oxygen atoms in total. The zero-order valence-electron chi connectivity index (χ0n) is 8.10. The number of benzene rings is 1. The highest BCUT2D eigenvalue weighted by atomic mass is 32.2. The van der Waals surface area contributed by atoms with Crippen molar-refractivity contribution in [3.63, 3.8) is 0 Å². The molecule has 5 heteroatoms. The van der Waals surface area contributed by atoms with Gasteiger partial charge in [0.05, 0.1) is 4.90 Å². The minimum atomic E-state index is -4.16. The fourth-order valence-corrected chi connectivity index (χ4v) is 1.59. The molecule has 15 heavy (non-hydrogen) atoms. The van der Waals surface area contributed by atoms with E-state index in [1.54, 1.807) is 6.92 Å². The van der Waals surface area contributed by atoms with Gasteiger partial charge in [0.1, 0.15) is 12.0 Å². The molecule has 0 bridgehead atoms. The normalized spacial score (nSPS) is 10.5. The first-order valence-electron chi connectivity index (χ1n) is 4.04. The van der Waals surface area contributed by atoms with E-state index >= 15 is 0 Å². The predicted molar refractivity (Wildman–Crippen MR) is 55.3 cm³/mol. The zero-order chi connectivity index (χ0) is 11.5. The molecular formula is C10H10O4S. The molecule has 80 valence electrons. The van der Waals surface area contributed by atoms with Gasteiger partial charge in [0, 0.05) is 0 Å². The quantitative estimate of drug-likeness (QED) is 0.486. The van der Waals surface area contributed by atoms with Gasteiger partial charge < -0.3 is 4.74 Å². The van der Waals surface area contributed by atoms with Gasteiger partial charge in [-0.1, -0.05) is 12.3 Å². The van der Waals surface area contributed by atoms with Crippen molar-refractivity contribution in [2.24, 2.45) is 0 Å². The van der Waals surface area contributed by atoms with Crippen molar-refractivity contribution in [2.45, 2.75) is 11.8 Å². The molecule has 0 spiro atoms. The largest absolute Gasteiger partial charge is 0.457 e. The molecule has 0 saturated heterocycles. The highest BCUT2D eigenvalue weighted by molar-refractivity contribution is 7.85. The van der Waals surface area contributed by atoms with Crippen molar-refractivity contribution in [1.29, 1.82) is 0 Å². The third kappa shape index (κ3) is 2.95. The van der Waals surface area contributed by atoms with Crippen molar-refractivity contribution in [2.75, 3.05) is 0 Å².